The largest absolute Gasteiger partial charge is 0.515 e. The molecule has 2 atom stereocenters. The van der Waals surface area contributed by atoms with Crippen molar-refractivity contribution in [3.05, 3.63) is 35.4 Å². The van der Waals surface area contributed by atoms with Crippen molar-refractivity contribution in [3.8, 4) is 0 Å². The first kappa shape index (κ1) is 50.5. The topological polar surface area (TPSA) is 100 Å². The molecule has 1 aliphatic rings. The number of hydrogen-bond acceptors (Lipinski definition) is 8. The minimum absolute atomic E-state index is 0.0338. The first-order chi connectivity index (χ1) is 26.3. The van der Waals surface area contributed by atoms with Crippen LogP contribution in [0, 0.1) is 35.5 Å². The fraction of sp³-hybridized carbons (Fsp3) is 0.830. The van der Waals surface area contributed by atoms with Crippen molar-refractivity contribution >= 4 is 11.9 Å². The van der Waals surface area contributed by atoms with Crippen LogP contribution in [0.15, 0.2) is 35.4 Å². The summed E-state index contributed by atoms with van der Waals surface area (Å²) < 4.78 is 11.4. The van der Waals surface area contributed by atoms with Crippen molar-refractivity contribution in [3.63, 3.8) is 0 Å². The Morgan fingerprint density at radius 2 is 1.05 bits per heavy atom. The number of carbonyl (C=O) groups excluding carboxylic acids is 2. The van der Waals surface area contributed by atoms with E-state index in [4.69, 9.17) is 9.47 Å². The number of rotatable bonds is 35. The molecule has 8 nitrogen and oxygen atoms in total. The predicted molar refractivity (Wildman–Crippen MR) is 232 cm³/mol. The third-order valence-electron chi connectivity index (χ3n) is 11.5. The Labute approximate surface area is 339 Å². The maximum Gasteiger partial charge on any atom is 0.305 e. The van der Waals surface area contributed by atoms with Gasteiger partial charge in [0.2, 0.25) is 0 Å². The molecule has 0 aliphatic heterocycles. The van der Waals surface area contributed by atoms with Crippen molar-refractivity contribution in [2.24, 2.45) is 35.5 Å². The Morgan fingerprint density at radius 1 is 0.636 bits per heavy atom. The summed E-state index contributed by atoms with van der Waals surface area (Å²) in [5, 5.41) is 16.1. The highest BCUT2D eigenvalue weighted by Gasteiger charge is 2.27. The number of aliphatic hydroxyl groups is 1. The van der Waals surface area contributed by atoms with Crippen LogP contribution < -0.4 is 10.6 Å². The number of nitrogens with one attached hydrogen (secondary N) is 2. The van der Waals surface area contributed by atoms with E-state index < -0.39 is 0 Å². The van der Waals surface area contributed by atoms with Gasteiger partial charge in [-0.05, 0) is 107 Å². The van der Waals surface area contributed by atoms with Gasteiger partial charge in [-0.25, -0.2) is 0 Å². The van der Waals surface area contributed by atoms with Gasteiger partial charge in [-0.2, -0.15) is 0 Å². The fourth-order valence-electron chi connectivity index (χ4n) is 7.24. The lowest BCUT2D eigenvalue weighted by atomic mass is 9.89. The molecule has 1 aliphatic carbocycles. The fourth-order valence-corrected chi connectivity index (χ4v) is 7.24. The Bertz CT molecular complexity index is 1060. The highest BCUT2D eigenvalue weighted by Crippen LogP contribution is 2.34. The van der Waals surface area contributed by atoms with Gasteiger partial charge in [0, 0.05) is 37.6 Å². The third kappa shape index (κ3) is 23.4. The van der Waals surface area contributed by atoms with E-state index in [0.717, 1.165) is 119 Å². The van der Waals surface area contributed by atoms with Gasteiger partial charge >= 0.3 is 11.9 Å². The normalized spacial score (nSPS) is 15.1. The van der Waals surface area contributed by atoms with Crippen molar-refractivity contribution in [2.75, 3.05) is 46.4 Å². The molecular weight excluding hydrogens is 687 g/mol. The molecule has 1 rings (SSSR count). The van der Waals surface area contributed by atoms with Crippen LogP contribution in [-0.2, 0) is 19.1 Å². The van der Waals surface area contributed by atoms with Crippen LogP contribution in [0.3, 0.4) is 0 Å². The van der Waals surface area contributed by atoms with Crippen molar-refractivity contribution in [1.82, 2.24) is 15.5 Å². The monoisotopic (exact) mass is 774 g/mol. The zero-order valence-corrected chi connectivity index (χ0v) is 37.2. The molecule has 0 fully saturated rings. The summed E-state index contributed by atoms with van der Waals surface area (Å²) in [4.78, 5) is 27.5. The number of hydrogen-bond donors (Lipinski definition) is 3. The lowest BCUT2D eigenvalue weighted by Gasteiger charge is -2.30. The molecule has 0 amide bonds. The van der Waals surface area contributed by atoms with E-state index in [9.17, 15) is 14.7 Å². The van der Waals surface area contributed by atoms with Crippen LogP contribution >= 0.6 is 0 Å². The van der Waals surface area contributed by atoms with E-state index in [1.165, 1.54) is 38.5 Å². The molecule has 0 bridgehead atoms. The van der Waals surface area contributed by atoms with Gasteiger partial charge in [-0.1, -0.05) is 113 Å². The van der Waals surface area contributed by atoms with Gasteiger partial charge in [-0.3, -0.25) is 9.59 Å². The maximum atomic E-state index is 12.4. The van der Waals surface area contributed by atoms with Crippen LogP contribution in [0.25, 0.3) is 0 Å². The summed E-state index contributed by atoms with van der Waals surface area (Å²) in [5.74, 6) is 3.28. The van der Waals surface area contributed by atoms with Crippen molar-refractivity contribution in [2.45, 2.75) is 171 Å². The zero-order chi connectivity index (χ0) is 41.0. The van der Waals surface area contributed by atoms with Crippen LogP contribution in [0.4, 0.5) is 0 Å². The summed E-state index contributed by atoms with van der Waals surface area (Å²) in [6.45, 7) is 27.3. The molecule has 0 aromatic carbocycles. The first-order valence-electron chi connectivity index (χ1n) is 22.5. The third-order valence-corrected chi connectivity index (χ3v) is 11.5. The minimum atomic E-state index is -0.0338. The second-order valence-corrected chi connectivity index (χ2v) is 17.8. The molecule has 55 heavy (non-hydrogen) atoms. The highest BCUT2D eigenvalue weighted by atomic mass is 16.5. The molecule has 0 aromatic rings. The molecule has 8 heteroatoms. The second-order valence-electron chi connectivity index (χ2n) is 17.8. The minimum Gasteiger partial charge on any atom is -0.515 e. The van der Waals surface area contributed by atoms with E-state index >= 15 is 0 Å². The van der Waals surface area contributed by atoms with Crippen molar-refractivity contribution < 1.29 is 24.2 Å². The quantitative estimate of drug-likeness (QED) is 0.0333. The Morgan fingerprint density at radius 3 is 1.45 bits per heavy atom. The van der Waals surface area contributed by atoms with E-state index in [0.29, 0.717) is 61.6 Å². The molecule has 2 unspecified atom stereocenters. The van der Waals surface area contributed by atoms with E-state index in [1.807, 2.05) is 7.05 Å². The molecule has 0 radical (unpaired) electrons. The number of carbonyl (C=O) groups is 2. The van der Waals surface area contributed by atoms with Crippen LogP contribution in [0.2, 0.25) is 0 Å². The molecular formula is C47H87N3O5. The van der Waals surface area contributed by atoms with Crippen LogP contribution in [-0.4, -0.2) is 68.4 Å². The molecule has 0 saturated heterocycles. The molecule has 0 aromatic heterocycles. The van der Waals surface area contributed by atoms with Crippen LogP contribution in [0.1, 0.15) is 171 Å². The average molecular weight is 774 g/mol. The van der Waals surface area contributed by atoms with Gasteiger partial charge in [-0.15, -0.1) is 0 Å². The van der Waals surface area contributed by atoms with Gasteiger partial charge in [0.15, 0.2) is 0 Å². The summed E-state index contributed by atoms with van der Waals surface area (Å²) in [6.07, 6.45) is 20.0. The first-order valence-corrected chi connectivity index (χ1v) is 22.5. The standard InChI is InChI=1S/C47H87N3O5/c1-36(2)25-27-41(38(5)6)34-54-44(52)23-17-13-11-15-20-30-50(32-22-19-29-49-46-40(9)43(33-51)47(46)48-10)31-21-16-12-14-18-24-45(53)55-35-42(39(7)8)28-26-37(3)4/h33,36-39,41-42,48-49,51H,9,11-32,34-35H2,1-8,10H3. The van der Waals surface area contributed by atoms with Gasteiger partial charge in [0.1, 0.15) is 0 Å². The SMILES string of the molecule is C=C1C(=CO)C(NC)=C1NCCCCN(CCCCCCCC(=O)OCC(CCC(C)C)C(C)C)CCCCCCCC(=O)OCC(CCC(C)C)C(C)C. The number of allylic oxidation sites excluding steroid dienone is 2. The lowest BCUT2D eigenvalue weighted by molar-refractivity contribution is -0.146. The number of esters is 2. The number of unbranched alkanes of at least 4 members (excludes halogenated alkanes) is 9. The van der Waals surface area contributed by atoms with Crippen molar-refractivity contribution in [1.29, 1.82) is 0 Å². The highest BCUT2D eigenvalue weighted by molar-refractivity contribution is 5.69. The molecule has 320 valence electrons. The maximum absolute atomic E-state index is 12.4. The number of aliphatic hydroxyl groups excluding tert-OH is 1. The lowest BCUT2D eigenvalue weighted by Crippen LogP contribution is -2.32. The van der Waals surface area contributed by atoms with E-state index in [1.54, 1.807) is 0 Å². The second kappa shape index (κ2) is 30.6. The van der Waals surface area contributed by atoms with Gasteiger partial charge < -0.3 is 30.1 Å². The summed E-state index contributed by atoms with van der Waals surface area (Å²) in [6, 6.07) is 0. The smallest absolute Gasteiger partial charge is 0.305 e. The number of ether oxygens (including phenoxy) is 2. The van der Waals surface area contributed by atoms with E-state index in [2.05, 4.69) is 77.5 Å². The van der Waals surface area contributed by atoms with Crippen LogP contribution in [0.5, 0.6) is 0 Å². The zero-order valence-electron chi connectivity index (χ0n) is 37.2. The number of nitrogens with zero attached hydrogens (tertiary/aromatic N) is 1. The molecule has 0 saturated carbocycles. The summed E-state index contributed by atoms with van der Waals surface area (Å²) in [5.41, 5.74) is 3.56. The molecule has 3 N–H and O–H groups in total. The predicted octanol–water partition coefficient (Wildman–Crippen LogP) is 11.3. The Kier molecular flexibility index (Phi) is 28.1. The molecule has 0 heterocycles. The number of likely N-dealkylation sites (N-methyl/N-ethyl adjacent to an activating group) is 1. The van der Waals surface area contributed by atoms with Gasteiger partial charge in [0.25, 0.3) is 0 Å². The summed E-state index contributed by atoms with van der Waals surface area (Å²) in [7, 11) is 1.86. The van der Waals surface area contributed by atoms with Gasteiger partial charge in [0.05, 0.1) is 30.9 Å². The average Bonchev–Trinajstić information content (AvgIpc) is 3.13. The Balaban J connectivity index is 2.39. The van der Waals surface area contributed by atoms with E-state index in [-0.39, 0.29) is 11.9 Å². The molecule has 0 spiro atoms. The summed E-state index contributed by atoms with van der Waals surface area (Å²) >= 11 is 0. The Hall–Kier alpha value is -2.48.